The van der Waals surface area contributed by atoms with Crippen molar-refractivity contribution in [2.45, 2.75) is 12.8 Å². The molecule has 1 N–H and O–H groups in total. The first-order valence-electron chi connectivity index (χ1n) is 5.05. The molecule has 0 heterocycles. The molecule has 1 aromatic rings. The van der Waals surface area contributed by atoms with Crippen LogP contribution in [0.5, 0.6) is 0 Å². The van der Waals surface area contributed by atoms with Crippen molar-refractivity contribution in [2.75, 3.05) is 19.0 Å². The van der Waals surface area contributed by atoms with Gasteiger partial charge in [0.25, 0.3) is 0 Å². The minimum Gasteiger partial charge on any atom is -0.465 e. The molecule has 0 saturated carbocycles. The van der Waals surface area contributed by atoms with E-state index in [1.54, 1.807) is 31.1 Å². The van der Waals surface area contributed by atoms with Gasteiger partial charge in [0.05, 0.1) is 6.54 Å². The maximum atomic E-state index is 12.4. The SMILES string of the molecule is CN(C)c1ccc(CN(C(=O)O)C(F)(F)F)cc1. The summed E-state index contributed by atoms with van der Waals surface area (Å²) in [5.41, 5.74) is 1.10. The lowest BCUT2D eigenvalue weighted by atomic mass is 10.2. The van der Waals surface area contributed by atoms with Crippen molar-refractivity contribution in [3.63, 3.8) is 0 Å². The zero-order valence-corrected chi connectivity index (χ0v) is 9.90. The Morgan fingerprint density at radius 3 is 2.06 bits per heavy atom. The van der Waals surface area contributed by atoms with Crippen LogP contribution in [-0.2, 0) is 6.54 Å². The van der Waals surface area contributed by atoms with Gasteiger partial charge in [0, 0.05) is 19.8 Å². The molecule has 0 spiro atoms. The predicted molar refractivity (Wildman–Crippen MR) is 60.4 cm³/mol. The monoisotopic (exact) mass is 262 g/mol. The number of halogens is 3. The number of rotatable bonds is 3. The van der Waals surface area contributed by atoms with Gasteiger partial charge >= 0.3 is 12.4 Å². The molecule has 0 aromatic heterocycles. The van der Waals surface area contributed by atoms with E-state index in [-0.39, 0.29) is 5.56 Å². The summed E-state index contributed by atoms with van der Waals surface area (Å²) in [5, 5.41) is 8.51. The highest BCUT2D eigenvalue weighted by molar-refractivity contribution is 5.65. The zero-order chi connectivity index (χ0) is 13.9. The number of hydrogen-bond donors (Lipinski definition) is 1. The summed E-state index contributed by atoms with van der Waals surface area (Å²) in [6.07, 6.45) is -6.91. The smallest absolute Gasteiger partial charge is 0.465 e. The van der Waals surface area contributed by atoms with Crippen LogP contribution in [0.15, 0.2) is 24.3 Å². The maximum Gasteiger partial charge on any atom is 0.490 e. The second kappa shape index (κ2) is 5.16. The molecule has 0 unspecified atom stereocenters. The van der Waals surface area contributed by atoms with Crippen molar-refractivity contribution in [1.82, 2.24) is 4.90 Å². The fraction of sp³-hybridized carbons (Fsp3) is 0.364. The van der Waals surface area contributed by atoms with E-state index in [0.29, 0.717) is 0 Å². The van der Waals surface area contributed by atoms with Crippen molar-refractivity contribution < 1.29 is 23.1 Å². The molecule has 0 bridgehead atoms. The van der Waals surface area contributed by atoms with E-state index in [1.807, 2.05) is 0 Å². The van der Waals surface area contributed by atoms with E-state index in [9.17, 15) is 18.0 Å². The van der Waals surface area contributed by atoms with Gasteiger partial charge < -0.3 is 10.0 Å². The molecule has 7 heteroatoms. The molecule has 0 atom stereocenters. The lowest BCUT2D eigenvalue weighted by Crippen LogP contribution is -2.41. The standard InChI is InChI=1S/C11H13F3N2O2/c1-15(2)9-5-3-8(4-6-9)7-16(10(17)18)11(12,13)14/h3-6H,7H2,1-2H3,(H,17,18). The summed E-state index contributed by atoms with van der Waals surface area (Å²) < 4.78 is 37.2. The molecule has 4 nitrogen and oxygen atoms in total. The fourth-order valence-corrected chi connectivity index (χ4v) is 1.35. The minimum atomic E-state index is -4.90. The number of carbonyl (C=O) groups is 1. The first-order chi connectivity index (χ1) is 8.21. The van der Waals surface area contributed by atoms with Crippen LogP contribution in [0.4, 0.5) is 23.7 Å². The van der Waals surface area contributed by atoms with Gasteiger partial charge in [-0.05, 0) is 17.7 Å². The van der Waals surface area contributed by atoms with Gasteiger partial charge in [0.1, 0.15) is 0 Å². The van der Waals surface area contributed by atoms with E-state index in [0.717, 1.165) is 5.69 Å². The molecule has 18 heavy (non-hydrogen) atoms. The summed E-state index contributed by atoms with van der Waals surface area (Å²) in [4.78, 5) is 11.8. The van der Waals surface area contributed by atoms with Gasteiger partial charge in [-0.2, -0.15) is 0 Å². The van der Waals surface area contributed by atoms with Gasteiger partial charge in [0.2, 0.25) is 0 Å². The molecule has 0 aliphatic heterocycles. The predicted octanol–water partition coefficient (Wildman–Crippen LogP) is 2.75. The lowest BCUT2D eigenvalue weighted by molar-refractivity contribution is -0.231. The van der Waals surface area contributed by atoms with Gasteiger partial charge in [0.15, 0.2) is 0 Å². The Bertz CT molecular complexity index is 415. The van der Waals surface area contributed by atoms with Crippen molar-refractivity contribution >= 4 is 11.8 Å². The van der Waals surface area contributed by atoms with E-state index < -0.39 is 23.8 Å². The molecule has 0 saturated heterocycles. The van der Waals surface area contributed by atoms with E-state index in [2.05, 4.69) is 0 Å². The third-order valence-corrected chi connectivity index (χ3v) is 2.33. The first-order valence-corrected chi connectivity index (χ1v) is 5.05. The number of benzene rings is 1. The van der Waals surface area contributed by atoms with Crippen molar-refractivity contribution in [3.05, 3.63) is 29.8 Å². The first kappa shape index (κ1) is 14.1. The summed E-state index contributed by atoms with van der Waals surface area (Å²) in [6.45, 7) is -0.716. The average Bonchev–Trinajstić information content (AvgIpc) is 2.24. The second-order valence-electron chi connectivity index (χ2n) is 3.90. The van der Waals surface area contributed by atoms with Gasteiger partial charge in [-0.3, -0.25) is 0 Å². The van der Waals surface area contributed by atoms with E-state index in [4.69, 9.17) is 5.11 Å². The molecule has 0 aliphatic carbocycles. The maximum absolute atomic E-state index is 12.4. The second-order valence-corrected chi connectivity index (χ2v) is 3.90. The van der Waals surface area contributed by atoms with Crippen LogP contribution in [0, 0.1) is 0 Å². The van der Waals surface area contributed by atoms with Crippen molar-refractivity contribution in [2.24, 2.45) is 0 Å². The van der Waals surface area contributed by atoms with Gasteiger partial charge in [-0.25, -0.2) is 9.69 Å². The molecule has 0 fully saturated rings. The Kier molecular flexibility index (Phi) is 4.05. The third-order valence-electron chi connectivity index (χ3n) is 2.33. The van der Waals surface area contributed by atoms with Crippen molar-refractivity contribution in [1.29, 1.82) is 0 Å². The highest BCUT2D eigenvalue weighted by Crippen LogP contribution is 2.24. The van der Waals surface area contributed by atoms with Crippen LogP contribution in [0.1, 0.15) is 5.56 Å². The summed E-state index contributed by atoms with van der Waals surface area (Å²) in [7, 11) is 3.60. The van der Waals surface area contributed by atoms with Crippen LogP contribution >= 0.6 is 0 Å². The quantitative estimate of drug-likeness (QED) is 0.852. The Labute approximate surface area is 102 Å². The Hall–Kier alpha value is -1.92. The number of anilines is 1. The molecular formula is C11H13F3N2O2. The Balaban J connectivity index is 2.85. The lowest BCUT2D eigenvalue weighted by Gasteiger charge is -2.22. The molecule has 1 aromatic carbocycles. The topological polar surface area (TPSA) is 43.8 Å². The number of alkyl halides is 3. The van der Waals surface area contributed by atoms with E-state index in [1.165, 1.54) is 12.1 Å². The average molecular weight is 262 g/mol. The molecule has 1 amide bonds. The van der Waals surface area contributed by atoms with Crippen LogP contribution in [-0.4, -0.2) is 36.5 Å². The summed E-state index contributed by atoms with van der Waals surface area (Å²) in [5.74, 6) is 0. The third kappa shape index (κ3) is 3.54. The van der Waals surface area contributed by atoms with Crippen LogP contribution < -0.4 is 4.90 Å². The van der Waals surface area contributed by atoms with E-state index >= 15 is 0 Å². The minimum absolute atomic E-state index is 0.278. The molecule has 0 aliphatic rings. The summed E-state index contributed by atoms with van der Waals surface area (Å²) in [6, 6.07) is 6.20. The number of hydrogen-bond acceptors (Lipinski definition) is 2. The summed E-state index contributed by atoms with van der Waals surface area (Å²) >= 11 is 0. The molecule has 100 valence electrons. The molecule has 1 rings (SSSR count). The van der Waals surface area contributed by atoms with Gasteiger partial charge in [-0.1, -0.05) is 12.1 Å². The largest absolute Gasteiger partial charge is 0.490 e. The molecular weight excluding hydrogens is 249 g/mol. The number of carboxylic acid groups (broad SMARTS) is 1. The Morgan fingerprint density at radius 1 is 1.22 bits per heavy atom. The number of amides is 1. The normalized spacial score (nSPS) is 11.2. The van der Waals surface area contributed by atoms with Crippen LogP contribution in [0.3, 0.4) is 0 Å². The van der Waals surface area contributed by atoms with Gasteiger partial charge in [-0.15, -0.1) is 13.2 Å². The van der Waals surface area contributed by atoms with Crippen molar-refractivity contribution in [3.8, 4) is 0 Å². The van der Waals surface area contributed by atoms with Crippen LogP contribution in [0.25, 0.3) is 0 Å². The highest BCUT2D eigenvalue weighted by Gasteiger charge is 2.41. The Morgan fingerprint density at radius 2 is 1.72 bits per heavy atom. The van der Waals surface area contributed by atoms with Crippen LogP contribution in [0.2, 0.25) is 0 Å². The number of nitrogens with zero attached hydrogens (tertiary/aromatic N) is 2. The highest BCUT2D eigenvalue weighted by atomic mass is 19.4. The zero-order valence-electron chi connectivity index (χ0n) is 9.90. The molecule has 0 radical (unpaired) electrons. The fourth-order valence-electron chi connectivity index (χ4n) is 1.35.